The molecule has 2 heterocycles. The number of aromatic nitrogens is 2. The minimum atomic E-state index is -0.232. The van der Waals surface area contributed by atoms with Crippen LogP contribution in [0.25, 0.3) is 5.69 Å². The van der Waals surface area contributed by atoms with Crippen LogP contribution in [0.1, 0.15) is 45.2 Å². The van der Waals surface area contributed by atoms with Crippen molar-refractivity contribution in [2.24, 2.45) is 0 Å². The molecule has 1 saturated heterocycles. The summed E-state index contributed by atoms with van der Waals surface area (Å²) in [5.41, 5.74) is 2.41. The second-order valence-corrected chi connectivity index (χ2v) is 9.17. The lowest BCUT2D eigenvalue weighted by Gasteiger charge is -2.35. The van der Waals surface area contributed by atoms with Gasteiger partial charge in [-0.25, -0.2) is 4.68 Å². The maximum absolute atomic E-state index is 13.4. The summed E-state index contributed by atoms with van der Waals surface area (Å²) in [5.74, 6) is -0.0996. The first-order chi connectivity index (χ1) is 15.9. The van der Waals surface area contributed by atoms with Crippen LogP contribution >= 0.6 is 23.2 Å². The summed E-state index contributed by atoms with van der Waals surface area (Å²) >= 11 is 12.5. The van der Waals surface area contributed by atoms with Gasteiger partial charge in [-0.1, -0.05) is 35.3 Å². The third-order valence-corrected chi connectivity index (χ3v) is 6.67. The molecule has 2 aromatic carbocycles. The fourth-order valence-electron chi connectivity index (χ4n) is 4.23. The van der Waals surface area contributed by atoms with Crippen LogP contribution in [0.3, 0.4) is 0 Å². The van der Waals surface area contributed by atoms with Crippen molar-refractivity contribution in [1.29, 1.82) is 0 Å². The topological polar surface area (TPSA) is 78.7 Å². The van der Waals surface area contributed by atoms with Crippen molar-refractivity contribution in [3.63, 3.8) is 0 Å². The summed E-state index contributed by atoms with van der Waals surface area (Å²) in [6.45, 7) is 1.62. The van der Waals surface area contributed by atoms with Crippen molar-refractivity contribution in [2.45, 2.75) is 18.8 Å². The van der Waals surface area contributed by atoms with Gasteiger partial charge in [-0.05, 0) is 43.2 Å². The number of phenols is 1. The van der Waals surface area contributed by atoms with Crippen molar-refractivity contribution >= 4 is 35.0 Å². The van der Waals surface area contributed by atoms with E-state index >= 15 is 0 Å². The smallest absolute Gasteiger partial charge is 0.257 e. The maximum atomic E-state index is 13.4. The van der Waals surface area contributed by atoms with Gasteiger partial charge in [0.25, 0.3) is 11.8 Å². The Morgan fingerprint density at radius 1 is 0.909 bits per heavy atom. The van der Waals surface area contributed by atoms with E-state index in [0.29, 0.717) is 47.5 Å². The molecule has 0 unspecified atom stereocenters. The van der Waals surface area contributed by atoms with E-state index in [4.69, 9.17) is 23.2 Å². The van der Waals surface area contributed by atoms with Crippen LogP contribution in [-0.2, 0) is 0 Å². The molecule has 1 aromatic heterocycles. The molecule has 5 rings (SSSR count). The summed E-state index contributed by atoms with van der Waals surface area (Å²) in [6.07, 6.45) is 3.61. The van der Waals surface area contributed by atoms with Gasteiger partial charge in [0.15, 0.2) is 0 Å². The van der Waals surface area contributed by atoms with Crippen LogP contribution in [0.4, 0.5) is 0 Å². The van der Waals surface area contributed by atoms with E-state index in [0.717, 1.165) is 18.5 Å². The number of hydrogen-bond donors (Lipinski definition) is 1. The summed E-state index contributed by atoms with van der Waals surface area (Å²) in [7, 11) is 0. The van der Waals surface area contributed by atoms with Crippen LogP contribution in [0.2, 0.25) is 10.0 Å². The Bertz CT molecular complexity index is 1230. The van der Waals surface area contributed by atoms with E-state index in [9.17, 15) is 14.7 Å². The number of piperazine rings is 1. The molecule has 0 bridgehead atoms. The molecule has 2 aliphatic rings. The average Bonchev–Trinajstić information content (AvgIpc) is 3.57. The number of carbonyl (C=O) groups excluding carboxylic acids is 2. The van der Waals surface area contributed by atoms with Gasteiger partial charge in [0, 0.05) is 37.1 Å². The van der Waals surface area contributed by atoms with Crippen molar-refractivity contribution in [3.05, 3.63) is 75.5 Å². The first kappa shape index (κ1) is 21.8. The highest BCUT2D eigenvalue weighted by Gasteiger charge is 2.35. The lowest BCUT2D eigenvalue weighted by atomic mass is 10.1. The molecule has 170 valence electrons. The maximum Gasteiger partial charge on any atom is 0.257 e. The molecule has 1 aliphatic carbocycles. The monoisotopic (exact) mass is 484 g/mol. The normalized spacial score (nSPS) is 16.2. The highest BCUT2D eigenvalue weighted by Crippen LogP contribution is 2.43. The number of phenolic OH excluding ortho intramolecular Hbond substituents is 1. The molecule has 1 saturated carbocycles. The van der Waals surface area contributed by atoms with Crippen LogP contribution in [0, 0.1) is 0 Å². The lowest BCUT2D eigenvalue weighted by molar-refractivity contribution is 0.0533. The SMILES string of the molecule is O=C(c1ccccc1O)N1CCN(C(=O)c2cnn(-c3ccc(Cl)cc3Cl)c2C2CC2)CC1. The summed E-state index contributed by atoms with van der Waals surface area (Å²) in [6, 6.07) is 11.7. The second kappa shape index (κ2) is 8.72. The van der Waals surface area contributed by atoms with Gasteiger partial charge in [-0.2, -0.15) is 5.10 Å². The van der Waals surface area contributed by atoms with E-state index < -0.39 is 0 Å². The zero-order valence-corrected chi connectivity index (χ0v) is 19.3. The molecule has 1 N–H and O–H groups in total. The van der Waals surface area contributed by atoms with Gasteiger partial charge in [-0.15, -0.1) is 0 Å². The third-order valence-electron chi connectivity index (χ3n) is 6.13. The van der Waals surface area contributed by atoms with Crippen LogP contribution in [-0.4, -0.2) is 62.7 Å². The molecule has 9 heteroatoms. The molecule has 0 radical (unpaired) electrons. The quantitative estimate of drug-likeness (QED) is 0.596. The van der Waals surface area contributed by atoms with Gasteiger partial charge in [0.1, 0.15) is 5.75 Å². The Kier molecular flexibility index (Phi) is 5.76. The fraction of sp³-hybridized carbons (Fsp3) is 0.292. The molecular weight excluding hydrogens is 463 g/mol. The number of aromatic hydroxyl groups is 1. The number of nitrogens with zero attached hydrogens (tertiary/aromatic N) is 4. The molecule has 3 aromatic rings. The molecule has 2 amide bonds. The molecule has 2 fully saturated rings. The predicted octanol–water partition coefficient (Wildman–Crippen LogP) is 4.36. The number of carbonyl (C=O) groups is 2. The zero-order valence-electron chi connectivity index (χ0n) is 17.7. The van der Waals surface area contributed by atoms with Crippen molar-refractivity contribution in [3.8, 4) is 11.4 Å². The van der Waals surface area contributed by atoms with Crippen molar-refractivity contribution in [1.82, 2.24) is 19.6 Å². The Hall–Kier alpha value is -3.03. The second-order valence-electron chi connectivity index (χ2n) is 8.33. The number of halogens is 2. The van der Waals surface area contributed by atoms with E-state index in [-0.39, 0.29) is 29.0 Å². The van der Waals surface area contributed by atoms with Crippen LogP contribution in [0.5, 0.6) is 5.75 Å². The van der Waals surface area contributed by atoms with Gasteiger partial charge in [0.2, 0.25) is 0 Å². The Labute approximate surface area is 201 Å². The lowest BCUT2D eigenvalue weighted by Crippen LogP contribution is -2.50. The number of para-hydroxylation sites is 1. The van der Waals surface area contributed by atoms with E-state index in [1.807, 2.05) is 0 Å². The molecule has 33 heavy (non-hydrogen) atoms. The Morgan fingerprint density at radius 3 is 2.15 bits per heavy atom. The number of benzene rings is 2. The largest absolute Gasteiger partial charge is 0.507 e. The minimum absolute atomic E-state index is 0.0386. The average molecular weight is 485 g/mol. The first-order valence-corrected chi connectivity index (χ1v) is 11.6. The molecular formula is C24H22Cl2N4O3. The number of amides is 2. The highest BCUT2D eigenvalue weighted by molar-refractivity contribution is 6.35. The van der Waals surface area contributed by atoms with Crippen LogP contribution < -0.4 is 0 Å². The Balaban J connectivity index is 1.34. The minimum Gasteiger partial charge on any atom is -0.507 e. The first-order valence-electron chi connectivity index (χ1n) is 10.8. The number of rotatable bonds is 4. The third kappa shape index (κ3) is 4.18. The predicted molar refractivity (Wildman–Crippen MR) is 125 cm³/mol. The highest BCUT2D eigenvalue weighted by atomic mass is 35.5. The molecule has 7 nitrogen and oxygen atoms in total. The van der Waals surface area contributed by atoms with Gasteiger partial charge in [-0.3, -0.25) is 9.59 Å². The van der Waals surface area contributed by atoms with E-state index in [2.05, 4.69) is 5.10 Å². The standard InChI is InChI=1S/C24H22Cl2N4O3/c25-16-7-8-20(19(26)13-16)30-22(15-5-6-15)18(14-27-30)24(33)29-11-9-28(10-12-29)23(32)17-3-1-2-4-21(17)31/h1-4,7-8,13-15,31H,5-6,9-12H2. The van der Waals surface area contributed by atoms with E-state index in [1.165, 1.54) is 6.07 Å². The van der Waals surface area contributed by atoms with E-state index in [1.54, 1.807) is 57.1 Å². The summed E-state index contributed by atoms with van der Waals surface area (Å²) in [4.78, 5) is 29.6. The zero-order chi connectivity index (χ0) is 23.1. The molecule has 0 spiro atoms. The molecule has 0 atom stereocenters. The van der Waals surface area contributed by atoms with Gasteiger partial charge < -0.3 is 14.9 Å². The van der Waals surface area contributed by atoms with Crippen LogP contribution in [0.15, 0.2) is 48.7 Å². The number of hydrogen-bond acceptors (Lipinski definition) is 4. The summed E-state index contributed by atoms with van der Waals surface area (Å²) in [5, 5.41) is 15.5. The van der Waals surface area contributed by atoms with Crippen molar-refractivity contribution in [2.75, 3.05) is 26.2 Å². The van der Waals surface area contributed by atoms with Gasteiger partial charge in [0.05, 0.1) is 33.7 Å². The fourth-order valence-corrected chi connectivity index (χ4v) is 4.71. The molecule has 1 aliphatic heterocycles. The Morgan fingerprint density at radius 2 is 1.55 bits per heavy atom. The van der Waals surface area contributed by atoms with Gasteiger partial charge >= 0.3 is 0 Å². The summed E-state index contributed by atoms with van der Waals surface area (Å²) < 4.78 is 1.75. The van der Waals surface area contributed by atoms with Crippen molar-refractivity contribution < 1.29 is 14.7 Å².